The Kier molecular flexibility index (Phi) is 3.04. The topological polar surface area (TPSA) is 59.3 Å². The van der Waals surface area contributed by atoms with Crippen molar-refractivity contribution in [3.63, 3.8) is 0 Å². The lowest BCUT2D eigenvalue weighted by Gasteiger charge is -2.26. The van der Waals surface area contributed by atoms with Gasteiger partial charge in [-0.3, -0.25) is 4.79 Å². The molecule has 0 radical (unpaired) electrons. The second-order valence-corrected chi connectivity index (χ2v) is 2.85. The second kappa shape index (κ2) is 4.06. The van der Waals surface area contributed by atoms with E-state index < -0.39 is 6.10 Å². The van der Waals surface area contributed by atoms with Crippen LogP contribution in [0.2, 0.25) is 0 Å². The predicted octanol–water partition coefficient (Wildman–Crippen LogP) is 0.785. The molecule has 3 atom stereocenters. The average Bonchev–Trinajstić information content (AvgIpc) is 2.08. The first-order chi connectivity index (χ1) is 6.13. The van der Waals surface area contributed by atoms with E-state index in [-0.39, 0.29) is 18.2 Å². The van der Waals surface area contributed by atoms with E-state index in [1.807, 2.05) is 6.07 Å². The molecule has 1 aliphatic rings. The zero-order valence-corrected chi connectivity index (χ0v) is 7.56. The molecule has 0 saturated carbocycles. The summed E-state index contributed by atoms with van der Waals surface area (Å²) in [6.07, 6.45) is 2.11. The Morgan fingerprint density at radius 1 is 1.62 bits per heavy atom. The van der Waals surface area contributed by atoms with Crippen LogP contribution in [-0.4, -0.2) is 24.3 Å². The highest BCUT2D eigenvalue weighted by atomic mass is 16.6. The van der Waals surface area contributed by atoms with Crippen molar-refractivity contribution in [2.75, 3.05) is 0 Å². The number of hydrogen-bond donors (Lipinski definition) is 0. The van der Waals surface area contributed by atoms with Crippen molar-refractivity contribution in [1.82, 2.24) is 0 Å². The predicted molar refractivity (Wildman–Crippen MR) is 44.6 cm³/mol. The minimum Gasteiger partial charge on any atom is -0.456 e. The third kappa shape index (κ3) is 2.56. The number of nitrogens with zero attached hydrogens (tertiary/aromatic N) is 1. The first kappa shape index (κ1) is 9.75. The molecule has 4 nitrogen and oxygen atoms in total. The number of esters is 1. The summed E-state index contributed by atoms with van der Waals surface area (Å²) in [5.74, 6) is -0.347. The molecule has 1 heterocycles. The van der Waals surface area contributed by atoms with E-state index in [1.165, 1.54) is 6.92 Å². The molecular weight excluding hydrogens is 170 g/mol. The summed E-state index contributed by atoms with van der Waals surface area (Å²) in [6.45, 7) is 3.11. The second-order valence-electron chi connectivity index (χ2n) is 2.85. The van der Waals surface area contributed by atoms with Crippen LogP contribution >= 0.6 is 0 Å². The third-order valence-corrected chi connectivity index (χ3v) is 1.73. The highest BCUT2D eigenvalue weighted by Gasteiger charge is 2.25. The quantitative estimate of drug-likeness (QED) is 0.443. The Morgan fingerprint density at radius 2 is 2.31 bits per heavy atom. The Labute approximate surface area is 76.7 Å². The maximum Gasteiger partial charge on any atom is 0.303 e. The first-order valence-corrected chi connectivity index (χ1v) is 4.04. The molecule has 0 amide bonds. The summed E-state index contributed by atoms with van der Waals surface area (Å²) in [5, 5.41) is 8.54. The fourth-order valence-corrected chi connectivity index (χ4v) is 1.12. The third-order valence-electron chi connectivity index (χ3n) is 1.73. The van der Waals surface area contributed by atoms with Gasteiger partial charge in [-0.05, 0) is 19.1 Å². The van der Waals surface area contributed by atoms with Crippen LogP contribution in [0.5, 0.6) is 0 Å². The van der Waals surface area contributed by atoms with Crippen molar-refractivity contribution in [2.24, 2.45) is 0 Å². The summed E-state index contributed by atoms with van der Waals surface area (Å²) in [5.41, 5.74) is 0. The number of ether oxygens (including phenoxy) is 2. The van der Waals surface area contributed by atoms with Crippen molar-refractivity contribution in [2.45, 2.75) is 32.2 Å². The monoisotopic (exact) mass is 181 g/mol. The van der Waals surface area contributed by atoms with Gasteiger partial charge in [0, 0.05) is 6.92 Å². The SMILES string of the molecule is CC(=O)O[C@@H]1C=C[C@H](C#N)O[C@H]1C. The fourth-order valence-electron chi connectivity index (χ4n) is 1.12. The molecule has 0 aromatic carbocycles. The average molecular weight is 181 g/mol. The lowest BCUT2D eigenvalue weighted by Crippen LogP contribution is -2.35. The maximum atomic E-state index is 10.6. The molecule has 70 valence electrons. The van der Waals surface area contributed by atoms with Gasteiger partial charge in [-0.2, -0.15) is 5.26 Å². The van der Waals surface area contributed by atoms with Crippen molar-refractivity contribution in [3.05, 3.63) is 12.2 Å². The molecule has 0 fully saturated rings. The van der Waals surface area contributed by atoms with E-state index in [0.29, 0.717) is 0 Å². The van der Waals surface area contributed by atoms with Crippen molar-refractivity contribution < 1.29 is 14.3 Å². The van der Waals surface area contributed by atoms with Gasteiger partial charge < -0.3 is 9.47 Å². The highest BCUT2D eigenvalue weighted by molar-refractivity contribution is 5.66. The summed E-state index contributed by atoms with van der Waals surface area (Å²) in [7, 11) is 0. The smallest absolute Gasteiger partial charge is 0.303 e. The van der Waals surface area contributed by atoms with E-state index >= 15 is 0 Å². The molecule has 4 heteroatoms. The van der Waals surface area contributed by atoms with Crippen LogP contribution in [0.15, 0.2) is 12.2 Å². The van der Waals surface area contributed by atoms with Crippen molar-refractivity contribution >= 4 is 5.97 Å². The van der Waals surface area contributed by atoms with Crippen molar-refractivity contribution in [1.29, 1.82) is 5.26 Å². The minimum atomic E-state index is -0.526. The van der Waals surface area contributed by atoms with E-state index in [0.717, 1.165) is 0 Å². The van der Waals surface area contributed by atoms with Gasteiger partial charge in [0.15, 0.2) is 6.10 Å². The molecule has 0 aliphatic carbocycles. The van der Waals surface area contributed by atoms with Crippen LogP contribution in [0, 0.1) is 11.3 Å². The molecule has 0 N–H and O–H groups in total. The number of rotatable bonds is 1. The van der Waals surface area contributed by atoms with Gasteiger partial charge >= 0.3 is 5.97 Å². The van der Waals surface area contributed by atoms with E-state index in [9.17, 15) is 4.79 Å². The molecule has 1 rings (SSSR count). The number of nitriles is 1. The van der Waals surface area contributed by atoms with Gasteiger partial charge in [-0.1, -0.05) is 0 Å². The van der Waals surface area contributed by atoms with Gasteiger partial charge in [-0.25, -0.2) is 0 Å². The van der Waals surface area contributed by atoms with Crippen molar-refractivity contribution in [3.8, 4) is 6.07 Å². The van der Waals surface area contributed by atoms with Crippen LogP contribution < -0.4 is 0 Å². The lowest BCUT2D eigenvalue weighted by molar-refractivity contribution is -0.151. The molecule has 1 aliphatic heterocycles. The Morgan fingerprint density at radius 3 is 2.77 bits per heavy atom. The summed E-state index contributed by atoms with van der Waals surface area (Å²) >= 11 is 0. The highest BCUT2D eigenvalue weighted by Crippen LogP contribution is 2.15. The van der Waals surface area contributed by atoms with Gasteiger partial charge in [0.05, 0.1) is 12.2 Å². The van der Waals surface area contributed by atoms with Crippen LogP contribution in [0.4, 0.5) is 0 Å². The standard InChI is InChI=1S/C9H11NO3/c1-6-9(13-7(2)11)4-3-8(5-10)12-6/h3-4,6,8-9H,1-2H3/t6-,8+,9+/m0/s1. The largest absolute Gasteiger partial charge is 0.456 e. The molecular formula is C9H11NO3. The zero-order chi connectivity index (χ0) is 9.84. The normalized spacial score (nSPS) is 32.2. The van der Waals surface area contributed by atoms with Crippen LogP contribution in [0.1, 0.15) is 13.8 Å². The fraction of sp³-hybridized carbons (Fsp3) is 0.556. The van der Waals surface area contributed by atoms with Crippen LogP contribution in [-0.2, 0) is 14.3 Å². The van der Waals surface area contributed by atoms with E-state index in [1.54, 1.807) is 19.1 Å². The van der Waals surface area contributed by atoms with Gasteiger partial charge in [-0.15, -0.1) is 0 Å². The number of hydrogen-bond acceptors (Lipinski definition) is 4. The number of carbonyl (C=O) groups excluding carboxylic acids is 1. The Hall–Kier alpha value is -1.34. The molecule has 0 unspecified atom stereocenters. The van der Waals surface area contributed by atoms with Crippen LogP contribution in [0.25, 0.3) is 0 Å². The number of carbonyl (C=O) groups is 1. The molecule has 0 aromatic rings. The van der Waals surface area contributed by atoms with Crippen LogP contribution in [0.3, 0.4) is 0 Å². The summed E-state index contributed by atoms with van der Waals surface area (Å²) in [6, 6.07) is 1.96. The summed E-state index contributed by atoms with van der Waals surface area (Å²) in [4.78, 5) is 10.6. The van der Waals surface area contributed by atoms with E-state index in [2.05, 4.69) is 0 Å². The van der Waals surface area contributed by atoms with Gasteiger partial charge in [0.25, 0.3) is 0 Å². The Balaban J connectivity index is 2.60. The van der Waals surface area contributed by atoms with Gasteiger partial charge in [0.2, 0.25) is 0 Å². The Bertz CT molecular complexity index is 267. The molecule has 13 heavy (non-hydrogen) atoms. The lowest BCUT2D eigenvalue weighted by atomic mass is 10.1. The molecule has 0 spiro atoms. The summed E-state index contributed by atoms with van der Waals surface area (Å²) < 4.78 is 10.2. The molecule has 0 aromatic heterocycles. The zero-order valence-electron chi connectivity index (χ0n) is 7.56. The molecule has 0 saturated heterocycles. The van der Waals surface area contributed by atoms with Gasteiger partial charge in [0.1, 0.15) is 6.10 Å². The maximum absolute atomic E-state index is 10.6. The first-order valence-electron chi connectivity index (χ1n) is 4.04. The molecule has 0 bridgehead atoms. The van der Waals surface area contributed by atoms with E-state index in [4.69, 9.17) is 14.7 Å². The minimum absolute atomic E-state index is 0.265.